The second-order valence-corrected chi connectivity index (χ2v) is 4.72. The van der Waals surface area contributed by atoms with Crippen LogP contribution in [0.25, 0.3) is 0 Å². The normalized spacial score (nSPS) is 21.0. The van der Waals surface area contributed by atoms with Crippen molar-refractivity contribution < 1.29 is 29.3 Å². The van der Waals surface area contributed by atoms with Gasteiger partial charge in [-0.15, -0.1) is 0 Å². The molecule has 2 fully saturated rings. The number of hydrogen-bond donors (Lipinski definition) is 2. The molecular formula is C15H24O6. The molecule has 0 aromatic rings. The molecule has 120 valence electrons. The Morgan fingerprint density at radius 3 is 1.33 bits per heavy atom. The first-order valence-corrected chi connectivity index (χ1v) is 6.87. The van der Waals surface area contributed by atoms with E-state index >= 15 is 0 Å². The van der Waals surface area contributed by atoms with Crippen LogP contribution >= 0.6 is 0 Å². The van der Waals surface area contributed by atoms with Gasteiger partial charge in [-0.1, -0.05) is 38.8 Å². The summed E-state index contributed by atoms with van der Waals surface area (Å²) in [5, 5.41) is 15.8. The van der Waals surface area contributed by atoms with Crippen LogP contribution in [0.5, 0.6) is 0 Å². The van der Waals surface area contributed by atoms with E-state index < -0.39 is 25.5 Å². The summed E-state index contributed by atoms with van der Waals surface area (Å²) in [6, 6.07) is 0. The Morgan fingerprint density at radius 1 is 0.905 bits per heavy atom. The van der Waals surface area contributed by atoms with E-state index in [2.05, 4.69) is 22.6 Å². The number of esters is 2. The van der Waals surface area contributed by atoms with E-state index in [1.165, 1.54) is 11.8 Å². The van der Waals surface area contributed by atoms with Gasteiger partial charge in [0.2, 0.25) is 0 Å². The monoisotopic (exact) mass is 300 g/mol. The summed E-state index contributed by atoms with van der Waals surface area (Å²) in [5.41, 5.74) is 0. The summed E-state index contributed by atoms with van der Waals surface area (Å²) in [4.78, 5) is 19.8. The van der Waals surface area contributed by atoms with E-state index in [4.69, 9.17) is 10.2 Å². The third-order valence-electron chi connectivity index (χ3n) is 3.38. The van der Waals surface area contributed by atoms with Crippen LogP contribution in [0, 0.1) is 11.8 Å². The zero-order valence-electron chi connectivity index (χ0n) is 12.2. The molecule has 2 aliphatic carbocycles. The molecule has 21 heavy (non-hydrogen) atoms. The number of rotatable bonds is 4. The van der Waals surface area contributed by atoms with Gasteiger partial charge in [0.25, 0.3) is 0 Å². The highest BCUT2D eigenvalue weighted by molar-refractivity contribution is 5.81. The van der Waals surface area contributed by atoms with Gasteiger partial charge in [-0.25, -0.2) is 9.59 Å². The summed E-state index contributed by atoms with van der Waals surface area (Å²) in [5.74, 6) is 1.12. The highest BCUT2D eigenvalue weighted by Crippen LogP contribution is 2.43. The van der Waals surface area contributed by atoms with Crippen molar-refractivity contribution >= 4 is 11.9 Å². The highest BCUT2D eigenvalue weighted by atomic mass is 16.6. The molecule has 0 aliphatic heterocycles. The Kier molecular flexibility index (Phi) is 11.2. The Hall–Kier alpha value is -1.66. The molecule has 2 N–H and O–H groups in total. The highest BCUT2D eigenvalue weighted by Gasteiger charge is 2.30. The lowest BCUT2D eigenvalue weighted by atomic mass is 10.0. The number of hydrogen-bond acceptors (Lipinski definition) is 6. The number of carbonyl (C=O) groups excluding carboxylic acids is 2. The molecule has 6 nitrogen and oxygen atoms in total. The topological polar surface area (TPSA) is 93.1 Å². The van der Waals surface area contributed by atoms with Crippen LogP contribution in [0.4, 0.5) is 0 Å². The molecule has 0 aromatic carbocycles. The fourth-order valence-corrected chi connectivity index (χ4v) is 2.42. The van der Waals surface area contributed by atoms with Crippen LogP contribution in [0.3, 0.4) is 0 Å². The van der Waals surface area contributed by atoms with Gasteiger partial charge in [-0.2, -0.15) is 0 Å². The van der Waals surface area contributed by atoms with E-state index in [0.29, 0.717) is 0 Å². The summed E-state index contributed by atoms with van der Waals surface area (Å²) < 4.78 is 7.98. The molecule has 0 heterocycles. The van der Waals surface area contributed by atoms with Gasteiger partial charge in [0, 0.05) is 12.2 Å². The number of aliphatic hydroxyl groups is 2. The van der Waals surface area contributed by atoms with Crippen molar-refractivity contribution in [1.82, 2.24) is 0 Å². The van der Waals surface area contributed by atoms with Gasteiger partial charge in [0.05, 0.1) is 0 Å². The Labute approximate surface area is 125 Å². The Bertz CT molecular complexity index is 299. The van der Waals surface area contributed by atoms with Crippen LogP contribution < -0.4 is 0 Å². The number of ether oxygens (including phenoxy) is 2. The van der Waals surface area contributed by atoms with Crippen LogP contribution in [-0.4, -0.2) is 35.7 Å². The fourth-order valence-electron chi connectivity index (χ4n) is 2.42. The largest absolute Gasteiger partial charge is 0.436 e. The molecule has 0 saturated heterocycles. The van der Waals surface area contributed by atoms with Crippen LogP contribution in [-0.2, 0) is 19.1 Å². The van der Waals surface area contributed by atoms with Crippen molar-refractivity contribution in [3.63, 3.8) is 0 Å². The van der Waals surface area contributed by atoms with Gasteiger partial charge in [0.1, 0.15) is 0 Å². The average molecular weight is 300 g/mol. The molecule has 2 aliphatic rings. The number of fused-ring (bicyclic) bond motifs is 2. The molecular weight excluding hydrogens is 276 g/mol. The SMILES string of the molecule is C1CC2CCC1C2.C=CC(=O)OCO.C=CC(=O)OCO. The summed E-state index contributed by atoms with van der Waals surface area (Å²) in [6.45, 7) is 5.03. The molecule has 6 heteroatoms. The van der Waals surface area contributed by atoms with Crippen molar-refractivity contribution in [2.75, 3.05) is 13.6 Å². The summed E-state index contributed by atoms with van der Waals surface area (Å²) >= 11 is 0. The average Bonchev–Trinajstić information content (AvgIpc) is 3.14. The van der Waals surface area contributed by atoms with Gasteiger partial charge in [-0.3, -0.25) is 0 Å². The minimum atomic E-state index is -0.609. The molecule has 0 amide bonds. The lowest BCUT2D eigenvalue weighted by molar-refractivity contribution is -0.146. The van der Waals surface area contributed by atoms with Crippen molar-refractivity contribution in [3.05, 3.63) is 25.3 Å². The summed E-state index contributed by atoms with van der Waals surface area (Å²) in [7, 11) is 0. The summed E-state index contributed by atoms with van der Waals surface area (Å²) in [6.07, 6.45) is 9.79. The smallest absolute Gasteiger partial charge is 0.332 e. The van der Waals surface area contributed by atoms with Crippen LogP contribution in [0.1, 0.15) is 32.1 Å². The third-order valence-corrected chi connectivity index (χ3v) is 3.38. The van der Waals surface area contributed by atoms with Crippen molar-refractivity contribution in [2.24, 2.45) is 11.8 Å². The predicted molar refractivity (Wildman–Crippen MR) is 76.8 cm³/mol. The first-order chi connectivity index (χ1) is 10.1. The number of carbonyl (C=O) groups is 2. The van der Waals surface area contributed by atoms with Crippen LogP contribution in [0.2, 0.25) is 0 Å². The molecule has 0 unspecified atom stereocenters. The zero-order chi connectivity index (χ0) is 16.1. The van der Waals surface area contributed by atoms with Gasteiger partial charge in [-0.05, 0) is 18.3 Å². The lowest BCUT2D eigenvalue weighted by Crippen LogP contribution is -1.99. The standard InChI is InChI=1S/C7H12.2C4H6O3/c1-2-7-4-3-6(1)5-7;2*1-2-4(6)7-3-5/h6-7H,1-5H2;2*2,5H,1,3H2. The predicted octanol–water partition coefficient (Wildman–Crippen LogP) is 1.53. The molecule has 2 rings (SSSR count). The van der Waals surface area contributed by atoms with E-state index in [0.717, 1.165) is 12.2 Å². The van der Waals surface area contributed by atoms with Gasteiger partial charge >= 0.3 is 11.9 Å². The number of aliphatic hydroxyl groups excluding tert-OH is 2. The second-order valence-electron chi connectivity index (χ2n) is 4.72. The fraction of sp³-hybridized carbons (Fsp3) is 0.600. The maximum absolute atomic E-state index is 9.91. The molecule has 0 atom stereocenters. The zero-order valence-corrected chi connectivity index (χ0v) is 12.2. The molecule has 2 bridgehead atoms. The van der Waals surface area contributed by atoms with Crippen molar-refractivity contribution in [1.29, 1.82) is 0 Å². The van der Waals surface area contributed by atoms with Crippen molar-refractivity contribution in [3.8, 4) is 0 Å². The minimum Gasteiger partial charge on any atom is -0.436 e. The first-order valence-electron chi connectivity index (χ1n) is 6.87. The minimum absolute atomic E-state index is 0.579. The lowest BCUT2D eigenvalue weighted by Gasteiger charge is -2.05. The first kappa shape index (κ1) is 19.3. The van der Waals surface area contributed by atoms with E-state index in [9.17, 15) is 9.59 Å². The second kappa shape index (κ2) is 12.1. The van der Waals surface area contributed by atoms with Crippen LogP contribution in [0.15, 0.2) is 25.3 Å². The molecule has 0 radical (unpaired) electrons. The third kappa shape index (κ3) is 9.81. The maximum Gasteiger partial charge on any atom is 0.332 e. The van der Waals surface area contributed by atoms with Gasteiger partial charge in [0.15, 0.2) is 13.6 Å². The van der Waals surface area contributed by atoms with E-state index in [1.54, 1.807) is 32.1 Å². The van der Waals surface area contributed by atoms with Gasteiger partial charge < -0.3 is 19.7 Å². The molecule has 0 spiro atoms. The molecule has 2 saturated carbocycles. The van der Waals surface area contributed by atoms with E-state index in [-0.39, 0.29) is 0 Å². The quantitative estimate of drug-likeness (QED) is 0.464. The van der Waals surface area contributed by atoms with Crippen molar-refractivity contribution in [2.45, 2.75) is 32.1 Å². The maximum atomic E-state index is 9.91. The molecule has 0 aromatic heterocycles. The Balaban J connectivity index is 0.000000286. The van der Waals surface area contributed by atoms with E-state index in [1.807, 2.05) is 0 Å². The Morgan fingerprint density at radius 2 is 1.24 bits per heavy atom.